The number of hydrogen-bond donors (Lipinski definition) is 3. The van der Waals surface area contributed by atoms with Crippen molar-refractivity contribution in [2.24, 2.45) is 5.41 Å². The molecule has 142 valence electrons. The van der Waals surface area contributed by atoms with Gasteiger partial charge >= 0.3 is 0 Å². The van der Waals surface area contributed by atoms with Crippen molar-refractivity contribution in [1.82, 2.24) is 0 Å². The van der Waals surface area contributed by atoms with Crippen molar-refractivity contribution in [3.63, 3.8) is 0 Å². The Morgan fingerprint density at radius 1 is 1.15 bits per heavy atom. The molecule has 5 nitrogen and oxygen atoms in total. The van der Waals surface area contributed by atoms with Crippen LogP contribution in [0.4, 0.5) is 17.1 Å². The maximum absolute atomic E-state index is 11.1. The van der Waals surface area contributed by atoms with E-state index in [2.05, 4.69) is 24.5 Å². The minimum atomic E-state index is -0.116. The van der Waals surface area contributed by atoms with E-state index in [-0.39, 0.29) is 22.4 Å². The molecule has 0 saturated carbocycles. The summed E-state index contributed by atoms with van der Waals surface area (Å²) in [5, 5.41) is 28.0. The number of rotatable bonds is 2. The minimum absolute atomic E-state index is 0.0174. The van der Waals surface area contributed by atoms with Crippen molar-refractivity contribution in [3.8, 4) is 0 Å². The van der Waals surface area contributed by atoms with Crippen LogP contribution in [-0.2, 0) is 0 Å². The van der Waals surface area contributed by atoms with Gasteiger partial charge in [-0.3, -0.25) is 5.21 Å². The first-order chi connectivity index (χ1) is 12.8. The summed E-state index contributed by atoms with van der Waals surface area (Å²) in [6.45, 7) is 4.60. The van der Waals surface area contributed by atoms with Crippen LogP contribution in [0.25, 0.3) is 0 Å². The predicted molar refractivity (Wildman–Crippen MR) is 110 cm³/mol. The van der Waals surface area contributed by atoms with Crippen molar-refractivity contribution in [1.29, 1.82) is 0 Å². The molecule has 0 aromatic heterocycles. The van der Waals surface area contributed by atoms with E-state index in [9.17, 15) is 5.21 Å². The van der Waals surface area contributed by atoms with E-state index in [4.69, 9.17) is 16.8 Å². The van der Waals surface area contributed by atoms with Gasteiger partial charge in [0.25, 0.3) is 0 Å². The zero-order valence-corrected chi connectivity index (χ0v) is 16.2. The Morgan fingerprint density at radius 2 is 1.89 bits per heavy atom. The van der Waals surface area contributed by atoms with Gasteiger partial charge in [0.05, 0.1) is 23.1 Å². The molecule has 3 N–H and O–H groups in total. The van der Waals surface area contributed by atoms with E-state index in [0.717, 1.165) is 36.2 Å². The Balaban J connectivity index is 1.79. The molecule has 1 heterocycles. The molecular formula is C21H23ClN3O2-. The van der Waals surface area contributed by atoms with Gasteiger partial charge in [-0.2, -0.15) is 0 Å². The van der Waals surface area contributed by atoms with E-state index < -0.39 is 0 Å². The molecule has 2 aromatic rings. The van der Waals surface area contributed by atoms with Gasteiger partial charge in [0.1, 0.15) is 0 Å². The second-order valence-electron chi connectivity index (χ2n) is 8.10. The molecule has 0 amide bonds. The first-order valence-corrected chi connectivity index (χ1v) is 9.51. The van der Waals surface area contributed by atoms with Crippen LogP contribution in [0, 0.1) is 10.6 Å². The fourth-order valence-corrected chi connectivity index (χ4v) is 4.15. The average molecular weight is 385 g/mol. The molecule has 1 aliphatic carbocycles. The number of allylic oxidation sites excluding steroid dienone is 1. The summed E-state index contributed by atoms with van der Waals surface area (Å²) >= 11 is 6.23. The topological polar surface area (TPSA) is 70.6 Å². The summed E-state index contributed by atoms with van der Waals surface area (Å²) in [5.41, 5.74) is 6.06. The van der Waals surface area contributed by atoms with Crippen LogP contribution in [0.2, 0.25) is 5.02 Å². The molecule has 0 saturated heterocycles. The summed E-state index contributed by atoms with van der Waals surface area (Å²) in [5.74, 6) is 0. The van der Waals surface area contributed by atoms with Crippen molar-refractivity contribution < 1.29 is 5.21 Å². The first-order valence-electron chi connectivity index (χ1n) is 9.13. The molecule has 0 fully saturated rings. The lowest BCUT2D eigenvalue weighted by Gasteiger charge is -2.35. The van der Waals surface area contributed by atoms with Crippen LogP contribution in [-0.4, -0.2) is 5.21 Å². The SMILES string of the molecule is CC1(C)CCC2=C(C1)Nc1ccc(Cl)cc1NC2c1ccc(N([O-])O)cc1. The summed E-state index contributed by atoms with van der Waals surface area (Å²) in [7, 11) is 0. The molecule has 0 spiro atoms. The summed E-state index contributed by atoms with van der Waals surface area (Å²) in [6, 6.07) is 12.8. The average Bonchev–Trinajstić information content (AvgIpc) is 2.76. The fraction of sp³-hybridized carbons (Fsp3) is 0.333. The van der Waals surface area contributed by atoms with Crippen LogP contribution < -0.4 is 15.9 Å². The highest BCUT2D eigenvalue weighted by Gasteiger charge is 2.33. The van der Waals surface area contributed by atoms with E-state index in [1.54, 1.807) is 12.1 Å². The lowest BCUT2D eigenvalue weighted by Crippen LogP contribution is -2.24. The number of anilines is 3. The Bertz CT molecular complexity index is 891. The highest BCUT2D eigenvalue weighted by atomic mass is 35.5. The third-order valence-corrected chi connectivity index (χ3v) is 5.71. The number of nitrogens with one attached hydrogen (secondary N) is 2. The Morgan fingerprint density at radius 3 is 2.59 bits per heavy atom. The van der Waals surface area contributed by atoms with Crippen LogP contribution >= 0.6 is 11.6 Å². The van der Waals surface area contributed by atoms with Crippen molar-refractivity contribution >= 4 is 28.7 Å². The molecule has 0 bridgehead atoms. The van der Waals surface area contributed by atoms with E-state index >= 15 is 0 Å². The van der Waals surface area contributed by atoms with Gasteiger partial charge in [-0.1, -0.05) is 37.6 Å². The van der Waals surface area contributed by atoms with Crippen LogP contribution in [0.15, 0.2) is 53.7 Å². The predicted octanol–water partition coefficient (Wildman–Crippen LogP) is 6.08. The molecule has 6 heteroatoms. The molecular weight excluding hydrogens is 362 g/mol. The van der Waals surface area contributed by atoms with E-state index in [0.29, 0.717) is 5.02 Å². The van der Waals surface area contributed by atoms with Gasteiger partial charge in [-0.05, 0) is 66.1 Å². The molecule has 4 rings (SSSR count). The van der Waals surface area contributed by atoms with Crippen molar-refractivity contribution in [2.75, 3.05) is 15.9 Å². The molecule has 0 radical (unpaired) electrons. The largest absolute Gasteiger partial charge is 0.733 e. The van der Waals surface area contributed by atoms with Gasteiger partial charge in [0, 0.05) is 10.7 Å². The van der Waals surface area contributed by atoms with Gasteiger partial charge in [0.15, 0.2) is 0 Å². The first kappa shape index (κ1) is 18.2. The fourth-order valence-electron chi connectivity index (χ4n) is 3.98. The third kappa shape index (κ3) is 3.63. The number of hydrogen-bond acceptors (Lipinski definition) is 5. The van der Waals surface area contributed by atoms with E-state index in [1.807, 2.05) is 30.3 Å². The number of halogens is 1. The van der Waals surface area contributed by atoms with E-state index in [1.165, 1.54) is 11.3 Å². The van der Waals surface area contributed by atoms with Crippen molar-refractivity contribution in [3.05, 3.63) is 69.5 Å². The van der Waals surface area contributed by atoms with Crippen LogP contribution in [0.5, 0.6) is 0 Å². The van der Waals surface area contributed by atoms with Crippen LogP contribution in [0.1, 0.15) is 44.7 Å². The standard InChI is InChI=1S/C21H23ClN3O2/c1-21(2)10-9-16-19(12-21)23-17-8-5-14(22)11-18(17)24-20(16)13-3-6-15(7-4-13)25(26)27/h3-8,11,20,23-24,26H,9-10,12H2,1-2H3/q-1. The van der Waals surface area contributed by atoms with Gasteiger partial charge in [-0.25, -0.2) is 0 Å². The van der Waals surface area contributed by atoms with Crippen LogP contribution in [0.3, 0.4) is 0 Å². The van der Waals surface area contributed by atoms with Gasteiger partial charge in [-0.15, -0.1) is 0 Å². The summed E-state index contributed by atoms with van der Waals surface area (Å²) < 4.78 is 0. The lowest BCUT2D eigenvalue weighted by molar-refractivity contribution is 0.296. The second kappa shape index (κ2) is 6.75. The smallest absolute Gasteiger partial charge is 0.0747 e. The summed E-state index contributed by atoms with van der Waals surface area (Å²) in [4.78, 5) is 0. The molecule has 1 unspecified atom stereocenters. The zero-order valence-electron chi connectivity index (χ0n) is 15.4. The van der Waals surface area contributed by atoms with Gasteiger partial charge < -0.3 is 21.1 Å². The molecule has 2 aliphatic rings. The number of fused-ring (bicyclic) bond motifs is 1. The zero-order chi connectivity index (χ0) is 19.2. The third-order valence-electron chi connectivity index (χ3n) is 5.48. The highest BCUT2D eigenvalue weighted by Crippen LogP contribution is 2.47. The maximum atomic E-state index is 11.1. The second-order valence-corrected chi connectivity index (χ2v) is 8.54. The monoisotopic (exact) mass is 384 g/mol. The molecule has 2 aromatic carbocycles. The molecule has 1 aliphatic heterocycles. The molecule has 27 heavy (non-hydrogen) atoms. The number of benzene rings is 2. The van der Waals surface area contributed by atoms with Gasteiger partial charge in [0.2, 0.25) is 0 Å². The quantitative estimate of drug-likeness (QED) is 0.547. The minimum Gasteiger partial charge on any atom is -0.733 e. The Kier molecular flexibility index (Phi) is 4.54. The number of nitrogens with zero attached hydrogens (tertiary/aromatic N) is 1. The highest BCUT2D eigenvalue weighted by molar-refractivity contribution is 6.31. The molecule has 1 atom stereocenters. The lowest BCUT2D eigenvalue weighted by atomic mass is 9.74. The Labute approximate surface area is 164 Å². The van der Waals surface area contributed by atoms with Crippen molar-refractivity contribution in [2.45, 2.75) is 39.2 Å². The summed E-state index contributed by atoms with van der Waals surface area (Å²) in [6.07, 6.45) is 3.08. The Hall–Kier alpha value is -2.21. The maximum Gasteiger partial charge on any atom is 0.0747 e. The normalized spacial score (nSPS) is 20.7.